The molecule has 0 saturated carbocycles. The second kappa shape index (κ2) is 2.58. The molecule has 0 spiro atoms. The fourth-order valence-electron chi connectivity index (χ4n) is 1.38. The Morgan fingerprint density at radius 2 is 2.31 bits per heavy atom. The van der Waals surface area contributed by atoms with Gasteiger partial charge in [-0.05, 0) is 19.1 Å². The molecule has 4 nitrogen and oxygen atoms in total. The van der Waals surface area contributed by atoms with Crippen molar-refractivity contribution >= 4 is 11.5 Å². The van der Waals surface area contributed by atoms with E-state index < -0.39 is 5.97 Å². The number of nitrogens with zero attached hydrogens (tertiary/aromatic N) is 2. The van der Waals surface area contributed by atoms with E-state index in [1.807, 2.05) is 6.07 Å². The molecule has 4 heteroatoms. The zero-order valence-electron chi connectivity index (χ0n) is 7.06. The van der Waals surface area contributed by atoms with Crippen LogP contribution in [0.25, 0.3) is 5.52 Å². The van der Waals surface area contributed by atoms with E-state index in [0.717, 1.165) is 0 Å². The fraction of sp³-hybridized carbons (Fsp3) is 0.111. The van der Waals surface area contributed by atoms with Gasteiger partial charge in [0, 0.05) is 6.20 Å². The summed E-state index contributed by atoms with van der Waals surface area (Å²) in [7, 11) is 0. The monoisotopic (exact) mass is 176 g/mol. The summed E-state index contributed by atoms with van der Waals surface area (Å²) in [6.07, 6.45) is 1.73. The number of carbonyl (C=O) groups is 1. The van der Waals surface area contributed by atoms with Crippen LogP contribution in [0.4, 0.5) is 0 Å². The summed E-state index contributed by atoms with van der Waals surface area (Å²) < 4.78 is 1.57. The van der Waals surface area contributed by atoms with Crippen LogP contribution in [0.1, 0.15) is 16.1 Å². The third-order valence-corrected chi connectivity index (χ3v) is 1.93. The summed E-state index contributed by atoms with van der Waals surface area (Å²) in [6, 6.07) is 5.34. The number of fused-ring (bicyclic) bond motifs is 1. The molecule has 2 aromatic heterocycles. The first-order valence-electron chi connectivity index (χ1n) is 3.87. The van der Waals surface area contributed by atoms with Crippen molar-refractivity contribution < 1.29 is 9.90 Å². The molecule has 0 aliphatic carbocycles. The maximum Gasteiger partial charge on any atom is 0.339 e. The smallest absolute Gasteiger partial charge is 0.339 e. The molecule has 0 amide bonds. The number of aromatic carboxylic acids is 1. The largest absolute Gasteiger partial charge is 0.478 e. The van der Waals surface area contributed by atoms with E-state index in [0.29, 0.717) is 11.2 Å². The average Bonchev–Trinajstić information content (AvgIpc) is 2.39. The molecule has 2 aromatic rings. The van der Waals surface area contributed by atoms with E-state index in [-0.39, 0.29) is 5.56 Å². The zero-order valence-corrected chi connectivity index (χ0v) is 7.06. The van der Waals surface area contributed by atoms with Gasteiger partial charge in [-0.2, -0.15) is 5.10 Å². The van der Waals surface area contributed by atoms with Crippen molar-refractivity contribution in [2.75, 3.05) is 0 Å². The Balaban J connectivity index is 2.86. The maximum absolute atomic E-state index is 10.8. The van der Waals surface area contributed by atoms with Crippen LogP contribution in [0.5, 0.6) is 0 Å². The van der Waals surface area contributed by atoms with Gasteiger partial charge in [0.05, 0.1) is 11.2 Å². The Morgan fingerprint density at radius 1 is 1.54 bits per heavy atom. The zero-order chi connectivity index (χ0) is 9.42. The maximum atomic E-state index is 10.8. The summed E-state index contributed by atoms with van der Waals surface area (Å²) >= 11 is 0. The number of pyridine rings is 1. The first kappa shape index (κ1) is 7.79. The Hall–Kier alpha value is -1.84. The van der Waals surface area contributed by atoms with Crippen LogP contribution in [0, 0.1) is 6.92 Å². The Morgan fingerprint density at radius 3 is 3.00 bits per heavy atom. The van der Waals surface area contributed by atoms with Crippen LogP contribution in [0.3, 0.4) is 0 Å². The predicted molar refractivity (Wildman–Crippen MR) is 46.9 cm³/mol. The van der Waals surface area contributed by atoms with Crippen molar-refractivity contribution in [3.05, 3.63) is 35.7 Å². The topological polar surface area (TPSA) is 54.6 Å². The van der Waals surface area contributed by atoms with E-state index in [1.165, 1.54) is 0 Å². The van der Waals surface area contributed by atoms with Crippen molar-refractivity contribution in [2.45, 2.75) is 6.92 Å². The quantitative estimate of drug-likeness (QED) is 0.713. The second-order valence-corrected chi connectivity index (χ2v) is 2.80. The number of hydrogen-bond donors (Lipinski definition) is 1. The van der Waals surface area contributed by atoms with Gasteiger partial charge >= 0.3 is 5.97 Å². The van der Waals surface area contributed by atoms with Gasteiger partial charge in [0.25, 0.3) is 0 Å². The fourth-order valence-corrected chi connectivity index (χ4v) is 1.38. The minimum Gasteiger partial charge on any atom is -0.478 e. The standard InChI is InChI=1S/C9H8N2O2/c1-6-8(9(12)13)7-4-2-3-5-11(7)10-6/h2-5H,1H3,(H,12,13). The van der Waals surface area contributed by atoms with Gasteiger partial charge in [-0.25, -0.2) is 9.31 Å². The van der Waals surface area contributed by atoms with Gasteiger partial charge in [-0.15, -0.1) is 0 Å². The van der Waals surface area contributed by atoms with Crippen molar-refractivity contribution in [1.29, 1.82) is 0 Å². The molecular weight excluding hydrogens is 168 g/mol. The van der Waals surface area contributed by atoms with Crippen LogP contribution < -0.4 is 0 Å². The molecule has 0 bridgehead atoms. The number of aromatic nitrogens is 2. The average molecular weight is 176 g/mol. The van der Waals surface area contributed by atoms with Gasteiger partial charge in [0.2, 0.25) is 0 Å². The number of hydrogen-bond acceptors (Lipinski definition) is 2. The number of carboxylic acids is 1. The molecule has 0 saturated heterocycles. The van der Waals surface area contributed by atoms with Gasteiger partial charge in [0.1, 0.15) is 5.56 Å². The first-order chi connectivity index (χ1) is 6.20. The lowest BCUT2D eigenvalue weighted by atomic mass is 10.2. The Bertz CT molecular complexity index is 473. The highest BCUT2D eigenvalue weighted by Gasteiger charge is 2.14. The minimum atomic E-state index is -0.932. The van der Waals surface area contributed by atoms with Crippen molar-refractivity contribution in [3.8, 4) is 0 Å². The third-order valence-electron chi connectivity index (χ3n) is 1.93. The number of aryl methyl sites for hydroxylation is 1. The minimum absolute atomic E-state index is 0.278. The van der Waals surface area contributed by atoms with Crippen LogP contribution >= 0.6 is 0 Å². The summed E-state index contributed by atoms with van der Waals surface area (Å²) in [6.45, 7) is 1.69. The Kier molecular flexibility index (Phi) is 1.55. The lowest BCUT2D eigenvalue weighted by Crippen LogP contribution is -1.97. The molecule has 0 aliphatic rings. The molecule has 66 valence electrons. The molecule has 0 fully saturated rings. The molecule has 0 aliphatic heterocycles. The number of carboxylic acid groups (broad SMARTS) is 1. The van der Waals surface area contributed by atoms with Crippen molar-refractivity contribution in [3.63, 3.8) is 0 Å². The van der Waals surface area contributed by atoms with Gasteiger partial charge in [0.15, 0.2) is 0 Å². The van der Waals surface area contributed by atoms with Crippen LogP contribution in [0.2, 0.25) is 0 Å². The lowest BCUT2D eigenvalue weighted by Gasteiger charge is -1.91. The third kappa shape index (κ3) is 1.07. The van der Waals surface area contributed by atoms with E-state index in [4.69, 9.17) is 5.11 Å². The molecule has 0 atom stereocenters. The molecule has 1 N–H and O–H groups in total. The first-order valence-corrected chi connectivity index (χ1v) is 3.87. The van der Waals surface area contributed by atoms with E-state index in [9.17, 15) is 4.79 Å². The molecule has 0 aromatic carbocycles. The van der Waals surface area contributed by atoms with Crippen LogP contribution in [0.15, 0.2) is 24.4 Å². The highest BCUT2D eigenvalue weighted by Crippen LogP contribution is 2.14. The highest BCUT2D eigenvalue weighted by atomic mass is 16.4. The van der Waals surface area contributed by atoms with Gasteiger partial charge in [-0.3, -0.25) is 0 Å². The predicted octanol–water partition coefficient (Wildman–Crippen LogP) is 1.34. The van der Waals surface area contributed by atoms with E-state index in [2.05, 4.69) is 5.10 Å². The van der Waals surface area contributed by atoms with Gasteiger partial charge in [-0.1, -0.05) is 6.07 Å². The summed E-state index contributed by atoms with van der Waals surface area (Å²) in [5.41, 5.74) is 1.45. The van der Waals surface area contributed by atoms with Crippen molar-refractivity contribution in [1.82, 2.24) is 9.61 Å². The SMILES string of the molecule is Cc1nn2ccccc2c1C(=O)O. The summed E-state index contributed by atoms with van der Waals surface area (Å²) in [5, 5.41) is 13.0. The molecule has 0 unspecified atom stereocenters. The van der Waals surface area contributed by atoms with E-state index >= 15 is 0 Å². The molecular formula is C9H8N2O2. The van der Waals surface area contributed by atoms with E-state index in [1.54, 1.807) is 29.8 Å². The second-order valence-electron chi connectivity index (χ2n) is 2.80. The van der Waals surface area contributed by atoms with Gasteiger partial charge < -0.3 is 5.11 Å². The van der Waals surface area contributed by atoms with Crippen LogP contribution in [-0.2, 0) is 0 Å². The molecule has 2 heterocycles. The normalized spacial score (nSPS) is 10.5. The summed E-state index contributed by atoms with van der Waals surface area (Å²) in [5.74, 6) is -0.932. The summed E-state index contributed by atoms with van der Waals surface area (Å²) in [4.78, 5) is 10.8. The highest BCUT2D eigenvalue weighted by molar-refractivity contribution is 5.96. The molecule has 2 rings (SSSR count). The lowest BCUT2D eigenvalue weighted by molar-refractivity contribution is 0.0698. The Labute approximate surface area is 74.4 Å². The van der Waals surface area contributed by atoms with Crippen LogP contribution in [-0.4, -0.2) is 20.7 Å². The molecule has 13 heavy (non-hydrogen) atoms. The number of rotatable bonds is 1. The van der Waals surface area contributed by atoms with Crippen molar-refractivity contribution in [2.24, 2.45) is 0 Å². The molecule has 0 radical (unpaired) electrons.